The SMILES string of the molecule is O=C(Nc1cccc(O)c1)Nc1cc(Cl)ccc1O. The summed E-state index contributed by atoms with van der Waals surface area (Å²) in [6.07, 6.45) is 0. The van der Waals surface area contributed by atoms with Gasteiger partial charge in [0.1, 0.15) is 11.5 Å². The first-order chi connectivity index (χ1) is 9.04. The number of rotatable bonds is 2. The molecule has 6 heteroatoms. The van der Waals surface area contributed by atoms with E-state index in [2.05, 4.69) is 10.6 Å². The van der Waals surface area contributed by atoms with Gasteiger partial charge in [-0.05, 0) is 30.3 Å². The van der Waals surface area contributed by atoms with Crippen LogP contribution in [0.3, 0.4) is 0 Å². The van der Waals surface area contributed by atoms with Crippen molar-refractivity contribution in [2.75, 3.05) is 10.6 Å². The molecule has 0 aliphatic carbocycles. The van der Waals surface area contributed by atoms with E-state index in [1.54, 1.807) is 12.1 Å². The van der Waals surface area contributed by atoms with Crippen LogP contribution < -0.4 is 10.6 Å². The molecule has 0 aromatic heterocycles. The molecule has 19 heavy (non-hydrogen) atoms. The molecule has 2 amide bonds. The molecule has 0 atom stereocenters. The third-order valence-corrected chi connectivity index (χ3v) is 2.55. The Morgan fingerprint density at radius 2 is 1.84 bits per heavy atom. The summed E-state index contributed by atoms with van der Waals surface area (Å²) in [5.74, 6) is -0.0427. The maximum atomic E-state index is 11.7. The van der Waals surface area contributed by atoms with Crippen molar-refractivity contribution < 1.29 is 15.0 Å². The van der Waals surface area contributed by atoms with Crippen molar-refractivity contribution in [2.45, 2.75) is 0 Å². The number of anilines is 2. The largest absolute Gasteiger partial charge is 0.508 e. The fourth-order valence-electron chi connectivity index (χ4n) is 1.48. The summed E-state index contributed by atoms with van der Waals surface area (Å²) in [5, 5.41) is 24.2. The van der Waals surface area contributed by atoms with Gasteiger partial charge >= 0.3 is 6.03 Å². The van der Waals surface area contributed by atoms with Gasteiger partial charge < -0.3 is 20.8 Å². The number of phenols is 2. The number of amides is 2. The highest BCUT2D eigenvalue weighted by Crippen LogP contribution is 2.26. The van der Waals surface area contributed by atoms with E-state index in [0.717, 1.165) is 0 Å². The molecule has 98 valence electrons. The lowest BCUT2D eigenvalue weighted by atomic mass is 10.3. The molecule has 2 rings (SSSR count). The molecule has 0 spiro atoms. The molecule has 0 bridgehead atoms. The fourth-order valence-corrected chi connectivity index (χ4v) is 1.65. The Balaban J connectivity index is 2.07. The van der Waals surface area contributed by atoms with Gasteiger partial charge in [0.2, 0.25) is 0 Å². The molecule has 0 saturated heterocycles. The Kier molecular flexibility index (Phi) is 3.77. The number of hydrogen-bond donors (Lipinski definition) is 4. The molecule has 2 aromatic rings. The monoisotopic (exact) mass is 278 g/mol. The predicted octanol–water partition coefficient (Wildman–Crippen LogP) is 3.40. The zero-order valence-electron chi connectivity index (χ0n) is 9.72. The lowest BCUT2D eigenvalue weighted by Crippen LogP contribution is -2.19. The summed E-state index contributed by atoms with van der Waals surface area (Å²) in [6, 6.07) is 9.88. The summed E-state index contributed by atoms with van der Waals surface area (Å²) in [5.41, 5.74) is 0.629. The number of carbonyl (C=O) groups excluding carboxylic acids is 1. The minimum Gasteiger partial charge on any atom is -0.508 e. The van der Waals surface area contributed by atoms with Crippen LogP contribution in [0.15, 0.2) is 42.5 Å². The Morgan fingerprint density at radius 3 is 2.58 bits per heavy atom. The van der Waals surface area contributed by atoms with E-state index >= 15 is 0 Å². The number of aromatic hydroxyl groups is 2. The van der Waals surface area contributed by atoms with Gasteiger partial charge in [0, 0.05) is 16.8 Å². The lowest BCUT2D eigenvalue weighted by molar-refractivity contribution is 0.262. The molecule has 0 fully saturated rings. The van der Waals surface area contributed by atoms with E-state index in [1.165, 1.54) is 30.3 Å². The molecular weight excluding hydrogens is 268 g/mol. The van der Waals surface area contributed by atoms with E-state index in [-0.39, 0.29) is 17.2 Å². The van der Waals surface area contributed by atoms with Gasteiger partial charge in [-0.25, -0.2) is 4.79 Å². The Morgan fingerprint density at radius 1 is 1.05 bits per heavy atom. The van der Waals surface area contributed by atoms with Gasteiger partial charge in [0.25, 0.3) is 0 Å². The van der Waals surface area contributed by atoms with Crippen LogP contribution in [0.2, 0.25) is 5.02 Å². The number of benzene rings is 2. The number of urea groups is 1. The summed E-state index contributed by atoms with van der Waals surface area (Å²) >= 11 is 5.77. The second-order valence-corrected chi connectivity index (χ2v) is 4.23. The van der Waals surface area contributed by atoms with Crippen molar-refractivity contribution in [2.24, 2.45) is 0 Å². The first kappa shape index (κ1) is 13.0. The minimum atomic E-state index is -0.553. The number of nitrogens with one attached hydrogen (secondary N) is 2. The van der Waals surface area contributed by atoms with E-state index in [1.807, 2.05) is 0 Å². The topological polar surface area (TPSA) is 81.6 Å². The van der Waals surface area contributed by atoms with Crippen LogP contribution in [0.1, 0.15) is 0 Å². The molecule has 0 aliphatic heterocycles. The van der Waals surface area contributed by atoms with Crippen LogP contribution in [-0.4, -0.2) is 16.2 Å². The summed E-state index contributed by atoms with van der Waals surface area (Å²) < 4.78 is 0. The van der Waals surface area contributed by atoms with Gasteiger partial charge in [0.05, 0.1) is 5.69 Å². The van der Waals surface area contributed by atoms with Crippen LogP contribution in [-0.2, 0) is 0 Å². The van der Waals surface area contributed by atoms with Crippen molar-refractivity contribution in [1.29, 1.82) is 0 Å². The van der Waals surface area contributed by atoms with Crippen molar-refractivity contribution >= 4 is 29.0 Å². The normalized spacial score (nSPS) is 9.95. The second-order valence-electron chi connectivity index (χ2n) is 3.79. The van der Waals surface area contributed by atoms with E-state index in [9.17, 15) is 15.0 Å². The molecule has 4 N–H and O–H groups in total. The van der Waals surface area contributed by atoms with Crippen molar-refractivity contribution in [1.82, 2.24) is 0 Å². The average Bonchev–Trinajstić information content (AvgIpc) is 2.34. The van der Waals surface area contributed by atoms with E-state index in [0.29, 0.717) is 10.7 Å². The van der Waals surface area contributed by atoms with Crippen molar-refractivity contribution in [3.8, 4) is 11.5 Å². The van der Waals surface area contributed by atoms with Gasteiger partial charge in [0.15, 0.2) is 0 Å². The molecule has 0 aliphatic rings. The third kappa shape index (κ3) is 3.53. The molecule has 5 nitrogen and oxygen atoms in total. The number of hydrogen-bond acceptors (Lipinski definition) is 3. The molecule has 0 saturated carbocycles. The van der Waals surface area contributed by atoms with Gasteiger partial charge in [-0.3, -0.25) is 0 Å². The first-order valence-electron chi connectivity index (χ1n) is 5.40. The van der Waals surface area contributed by atoms with Crippen LogP contribution in [0.5, 0.6) is 11.5 Å². The van der Waals surface area contributed by atoms with E-state index in [4.69, 9.17) is 11.6 Å². The summed E-state index contributed by atoms with van der Waals surface area (Å²) in [6.45, 7) is 0. The van der Waals surface area contributed by atoms with Crippen LogP contribution in [0, 0.1) is 0 Å². The summed E-state index contributed by atoms with van der Waals surface area (Å²) in [7, 11) is 0. The number of carbonyl (C=O) groups is 1. The lowest BCUT2D eigenvalue weighted by Gasteiger charge is -2.09. The van der Waals surface area contributed by atoms with Crippen LogP contribution >= 0.6 is 11.6 Å². The summed E-state index contributed by atoms with van der Waals surface area (Å²) in [4.78, 5) is 11.7. The minimum absolute atomic E-state index is 0.0448. The zero-order valence-corrected chi connectivity index (χ0v) is 10.5. The fraction of sp³-hybridized carbons (Fsp3) is 0. The van der Waals surface area contributed by atoms with Gasteiger partial charge in [-0.2, -0.15) is 0 Å². The quantitative estimate of drug-likeness (QED) is 0.636. The van der Waals surface area contributed by atoms with E-state index < -0.39 is 6.03 Å². The van der Waals surface area contributed by atoms with Crippen molar-refractivity contribution in [3.05, 3.63) is 47.5 Å². The number of phenolic OH excluding ortho intramolecular Hbond substituents is 2. The van der Waals surface area contributed by atoms with Crippen LogP contribution in [0.4, 0.5) is 16.2 Å². The average molecular weight is 279 g/mol. The first-order valence-corrected chi connectivity index (χ1v) is 5.78. The molecule has 2 aromatic carbocycles. The maximum Gasteiger partial charge on any atom is 0.323 e. The highest BCUT2D eigenvalue weighted by atomic mass is 35.5. The van der Waals surface area contributed by atoms with Crippen LogP contribution in [0.25, 0.3) is 0 Å². The highest BCUT2D eigenvalue weighted by Gasteiger charge is 2.07. The Bertz CT molecular complexity index is 617. The molecule has 0 heterocycles. The Hall–Kier alpha value is -2.40. The number of halogens is 1. The van der Waals surface area contributed by atoms with Gasteiger partial charge in [-0.1, -0.05) is 17.7 Å². The van der Waals surface area contributed by atoms with Crippen molar-refractivity contribution in [3.63, 3.8) is 0 Å². The van der Waals surface area contributed by atoms with Gasteiger partial charge in [-0.15, -0.1) is 0 Å². The highest BCUT2D eigenvalue weighted by molar-refractivity contribution is 6.31. The third-order valence-electron chi connectivity index (χ3n) is 2.31. The smallest absolute Gasteiger partial charge is 0.323 e. The zero-order chi connectivity index (χ0) is 13.8. The standard InChI is InChI=1S/C13H11ClN2O3/c14-8-4-5-12(18)11(6-8)16-13(19)15-9-2-1-3-10(17)7-9/h1-7,17-18H,(H2,15,16,19). The molecular formula is C13H11ClN2O3. The predicted molar refractivity (Wildman–Crippen MR) is 73.9 cm³/mol. The second kappa shape index (κ2) is 5.49. The maximum absolute atomic E-state index is 11.7. The molecule has 0 radical (unpaired) electrons. The molecule has 0 unspecified atom stereocenters. The Labute approximate surface area is 114 Å².